The molecule has 0 atom stereocenters. The van der Waals surface area contributed by atoms with Crippen LogP contribution >= 0.6 is 0 Å². The molecule has 0 saturated heterocycles. The van der Waals surface area contributed by atoms with Gasteiger partial charge in [-0.05, 0) is 30.0 Å². The summed E-state index contributed by atoms with van der Waals surface area (Å²) in [6.45, 7) is 4.29. The second kappa shape index (κ2) is 5.49. The Labute approximate surface area is 104 Å². The number of rotatable bonds is 3. The number of hydrogen-bond donors (Lipinski definition) is 0. The van der Waals surface area contributed by atoms with Crippen LogP contribution in [-0.4, -0.2) is 0 Å². The molecular formula is C17H18. The van der Waals surface area contributed by atoms with Gasteiger partial charge in [-0.15, -0.1) is 0 Å². The Hall–Kier alpha value is -1.82. The van der Waals surface area contributed by atoms with E-state index in [0.717, 1.165) is 6.42 Å². The predicted molar refractivity (Wildman–Crippen MR) is 75.9 cm³/mol. The van der Waals surface area contributed by atoms with Crippen molar-refractivity contribution >= 4 is 12.2 Å². The summed E-state index contributed by atoms with van der Waals surface area (Å²) in [6, 6.07) is 17.3. The fraction of sp³-hybridized carbons (Fsp3) is 0.176. The predicted octanol–water partition coefficient (Wildman–Crippen LogP) is 4.73. The molecule has 0 N–H and O–H groups in total. The van der Waals surface area contributed by atoms with Gasteiger partial charge in [0, 0.05) is 0 Å². The fourth-order valence-electron chi connectivity index (χ4n) is 1.73. The SMILES string of the molecule is CCc1ccc(/C=C/c2ccc(C)cc2)cc1. The van der Waals surface area contributed by atoms with Crippen molar-refractivity contribution in [2.75, 3.05) is 0 Å². The molecule has 2 rings (SSSR count). The average Bonchev–Trinajstić information content (AvgIpc) is 2.39. The molecule has 0 spiro atoms. The molecule has 0 amide bonds. The minimum atomic E-state index is 1.10. The van der Waals surface area contributed by atoms with Gasteiger partial charge in [-0.3, -0.25) is 0 Å². The van der Waals surface area contributed by atoms with Crippen molar-refractivity contribution in [3.05, 3.63) is 70.8 Å². The number of benzene rings is 2. The second-order valence-corrected chi connectivity index (χ2v) is 4.34. The number of hydrogen-bond acceptors (Lipinski definition) is 0. The molecule has 0 aromatic heterocycles. The Morgan fingerprint density at radius 1 is 0.765 bits per heavy atom. The maximum atomic E-state index is 2.19. The van der Waals surface area contributed by atoms with Crippen molar-refractivity contribution in [3.8, 4) is 0 Å². The van der Waals surface area contributed by atoms with Gasteiger partial charge in [0.25, 0.3) is 0 Å². The Balaban J connectivity index is 2.11. The van der Waals surface area contributed by atoms with Crippen LogP contribution in [0.25, 0.3) is 12.2 Å². The third-order valence-corrected chi connectivity index (χ3v) is 2.93. The van der Waals surface area contributed by atoms with Crippen LogP contribution in [0.1, 0.15) is 29.2 Å². The van der Waals surface area contributed by atoms with Gasteiger partial charge in [0.2, 0.25) is 0 Å². The largest absolute Gasteiger partial charge is 0.0613 e. The van der Waals surface area contributed by atoms with E-state index in [1.807, 2.05) is 0 Å². The zero-order chi connectivity index (χ0) is 12.1. The van der Waals surface area contributed by atoms with E-state index in [2.05, 4.69) is 74.5 Å². The summed E-state index contributed by atoms with van der Waals surface area (Å²) in [5.41, 5.74) is 5.19. The lowest BCUT2D eigenvalue weighted by Gasteiger charge is -1.98. The molecule has 0 aliphatic carbocycles. The van der Waals surface area contributed by atoms with Crippen molar-refractivity contribution in [1.29, 1.82) is 0 Å². The zero-order valence-electron chi connectivity index (χ0n) is 10.5. The van der Waals surface area contributed by atoms with Crippen molar-refractivity contribution in [3.63, 3.8) is 0 Å². The molecule has 2 aromatic rings. The summed E-state index contributed by atoms with van der Waals surface area (Å²) in [5, 5.41) is 0. The first kappa shape index (κ1) is 11.7. The Morgan fingerprint density at radius 3 is 1.71 bits per heavy atom. The Kier molecular flexibility index (Phi) is 3.77. The van der Waals surface area contributed by atoms with Crippen molar-refractivity contribution < 1.29 is 0 Å². The Bertz CT molecular complexity index is 487. The van der Waals surface area contributed by atoms with Crippen LogP contribution in [0, 0.1) is 6.92 Å². The van der Waals surface area contributed by atoms with E-state index >= 15 is 0 Å². The van der Waals surface area contributed by atoms with E-state index in [1.54, 1.807) is 0 Å². The standard InChI is InChI=1S/C17H18/c1-3-15-8-10-17(11-9-15)13-12-16-6-4-14(2)5-7-16/h4-13H,3H2,1-2H3/b13-12+. The van der Waals surface area contributed by atoms with Crippen molar-refractivity contribution in [1.82, 2.24) is 0 Å². The molecule has 0 aliphatic rings. The van der Waals surface area contributed by atoms with Crippen LogP contribution in [0.4, 0.5) is 0 Å². The lowest BCUT2D eigenvalue weighted by molar-refractivity contribution is 1.14. The molecule has 0 heteroatoms. The molecular weight excluding hydrogens is 204 g/mol. The van der Waals surface area contributed by atoms with Gasteiger partial charge < -0.3 is 0 Å². The maximum Gasteiger partial charge on any atom is -0.0256 e. The summed E-state index contributed by atoms with van der Waals surface area (Å²) in [7, 11) is 0. The molecule has 0 aliphatic heterocycles. The normalized spacial score (nSPS) is 10.9. The highest BCUT2D eigenvalue weighted by Gasteiger charge is 1.90. The summed E-state index contributed by atoms with van der Waals surface area (Å²) in [4.78, 5) is 0. The van der Waals surface area contributed by atoms with Gasteiger partial charge in [0.05, 0.1) is 0 Å². The minimum absolute atomic E-state index is 1.10. The van der Waals surface area contributed by atoms with Crippen LogP contribution < -0.4 is 0 Å². The third kappa shape index (κ3) is 3.32. The van der Waals surface area contributed by atoms with E-state index in [0.29, 0.717) is 0 Å². The van der Waals surface area contributed by atoms with Crippen LogP contribution in [-0.2, 0) is 6.42 Å². The molecule has 0 heterocycles. The van der Waals surface area contributed by atoms with Gasteiger partial charge in [-0.1, -0.05) is 73.2 Å². The van der Waals surface area contributed by atoms with E-state index in [-0.39, 0.29) is 0 Å². The summed E-state index contributed by atoms with van der Waals surface area (Å²) in [6.07, 6.45) is 5.41. The molecule has 0 nitrogen and oxygen atoms in total. The van der Waals surface area contributed by atoms with Gasteiger partial charge in [-0.25, -0.2) is 0 Å². The molecule has 0 bridgehead atoms. The molecule has 0 unspecified atom stereocenters. The summed E-state index contributed by atoms with van der Waals surface area (Å²) in [5.74, 6) is 0. The monoisotopic (exact) mass is 222 g/mol. The first-order valence-corrected chi connectivity index (χ1v) is 6.11. The van der Waals surface area contributed by atoms with E-state index in [9.17, 15) is 0 Å². The molecule has 17 heavy (non-hydrogen) atoms. The lowest BCUT2D eigenvalue weighted by atomic mass is 10.1. The van der Waals surface area contributed by atoms with Crippen molar-refractivity contribution in [2.45, 2.75) is 20.3 Å². The molecule has 0 fully saturated rings. The first-order chi connectivity index (χ1) is 8.28. The van der Waals surface area contributed by atoms with E-state index in [1.165, 1.54) is 22.3 Å². The molecule has 86 valence electrons. The summed E-state index contributed by atoms with van der Waals surface area (Å²) < 4.78 is 0. The maximum absolute atomic E-state index is 2.19. The van der Waals surface area contributed by atoms with Gasteiger partial charge >= 0.3 is 0 Å². The fourth-order valence-corrected chi connectivity index (χ4v) is 1.73. The summed E-state index contributed by atoms with van der Waals surface area (Å²) >= 11 is 0. The quantitative estimate of drug-likeness (QED) is 0.659. The smallest absolute Gasteiger partial charge is 0.0256 e. The topological polar surface area (TPSA) is 0 Å². The molecule has 0 saturated carbocycles. The van der Waals surface area contributed by atoms with Crippen LogP contribution in [0.15, 0.2) is 48.5 Å². The van der Waals surface area contributed by atoms with Crippen LogP contribution in [0.2, 0.25) is 0 Å². The van der Waals surface area contributed by atoms with E-state index in [4.69, 9.17) is 0 Å². The highest BCUT2D eigenvalue weighted by molar-refractivity contribution is 5.69. The molecule has 0 radical (unpaired) electrons. The van der Waals surface area contributed by atoms with E-state index < -0.39 is 0 Å². The van der Waals surface area contributed by atoms with Crippen LogP contribution in [0.5, 0.6) is 0 Å². The van der Waals surface area contributed by atoms with Gasteiger partial charge in [-0.2, -0.15) is 0 Å². The minimum Gasteiger partial charge on any atom is -0.0613 e. The van der Waals surface area contributed by atoms with Crippen molar-refractivity contribution in [2.24, 2.45) is 0 Å². The highest BCUT2D eigenvalue weighted by atomic mass is 14.0. The lowest BCUT2D eigenvalue weighted by Crippen LogP contribution is -1.79. The zero-order valence-corrected chi connectivity index (χ0v) is 10.5. The first-order valence-electron chi connectivity index (χ1n) is 6.11. The average molecular weight is 222 g/mol. The third-order valence-electron chi connectivity index (χ3n) is 2.93. The Morgan fingerprint density at radius 2 is 1.24 bits per heavy atom. The van der Waals surface area contributed by atoms with Crippen LogP contribution in [0.3, 0.4) is 0 Å². The second-order valence-electron chi connectivity index (χ2n) is 4.34. The highest BCUT2D eigenvalue weighted by Crippen LogP contribution is 2.10. The number of aryl methyl sites for hydroxylation is 2. The van der Waals surface area contributed by atoms with Gasteiger partial charge in [0.15, 0.2) is 0 Å². The molecule has 2 aromatic carbocycles. The van der Waals surface area contributed by atoms with Gasteiger partial charge in [0.1, 0.15) is 0 Å².